The largest absolute Gasteiger partial charge is 0.514 e. The first-order valence-electron chi connectivity index (χ1n) is 9.01. The van der Waals surface area contributed by atoms with Crippen molar-refractivity contribution in [2.75, 3.05) is 5.73 Å². The number of nitrogens with zero attached hydrogens (tertiary/aromatic N) is 3. The highest BCUT2D eigenvalue weighted by Gasteiger charge is 2.52. The van der Waals surface area contributed by atoms with Crippen LogP contribution in [0, 0.1) is 6.92 Å². The summed E-state index contributed by atoms with van der Waals surface area (Å²) in [6.45, 7) is 10.1. The van der Waals surface area contributed by atoms with E-state index in [9.17, 15) is 0 Å². The normalized spacial score (nSPS) is 18.2. The van der Waals surface area contributed by atoms with Crippen molar-refractivity contribution in [3.05, 3.63) is 42.4 Å². The number of anilines is 1. The molecule has 0 atom stereocenters. The maximum Gasteiger partial charge on any atom is 0.514 e. The Balaban J connectivity index is 1.83. The highest BCUT2D eigenvalue weighted by atomic mass is 16.7. The lowest BCUT2D eigenvalue weighted by Crippen LogP contribution is -2.41. The third-order valence-corrected chi connectivity index (χ3v) is 5.43. The number of nitrogen functional groups attached to an aromatic ring is 1. The van der Waals surface area contributed by atoms with Gasteiger partial charge >= 0.3 is 7.12 Å². The van der Waals surface area contributed by atoms with Crippen molar-refractivity contribution in [1.82, 2.24) is 15.0 Å². The Kier molecular flexibility index (Phi) is 3.98. The van der Waals surface area contributed by atoms with Crippen LogP contribution >= 0.6 is 0 Å². The number of aryl methyl sites for hydroxylation is 1. The summed E-state index contributed by atoms with van der Waals surface area (Å²) in [7, 11) is -0.517. The van der Waals surface area contributed by atoms with Crippen molar-refractivity contribution in [2.45, 2.75) is 45.8 Å². The highest BCUT2D eigenvalue weighted by molar-refractivity contribution is 6.61. The van der Waals surface area contributed by atoms with Gasteiger partial charge in [-0.1, -0.05) is 0 Å². The molecule has 0 spiro atoms. The van der Waals surface area contributed by atoms with Crippen LogP contribution in [0.4, 0.5) is 5.82 Å². The first kappa shape index (κ1) is 17.9. The van der Waals surface area contributed by atoms with Gasteiger partial charge in [-0.15, -0.1) is 0 Å². The molecular formula is C20H23BN4O2. The predicted octanol–water partition coefficient (Wildman–Crippen LogP) is 2.88. The molecule has 1 fully saturated rings. The average Bonchev–Trinajstić information content (AvgIpc) is 2.80. The minimum absolute atomic E-state index is 0.414. The SMILES string of the molecule is Cc1cc(-c2ccnc3cnc(B4OC(C)(C)C(C)(C)O4)cc23)cc(N)n1. The van der Waals surface area contributed by atoms with Gasteiger partial charge in [0.15, 0.2) is 0 Å². The van der Waals surface area contributed by atoms with E-state index in [1.165, 1.54) is 0 Å². The minimum Gasteiger partial charge on any atom is -0.398 e. The summed E-state index contributed by atoms with van der Waals surface area (Å²) in [5, 5.41) is 0.974. The van der Waals surface area contributed by atoms with E-state index < -0.39 is 18.3 Å². The van der Waals surface area contributed by atoms with Crippen LogP contribution in [0.1, 0.15) is 33.4 Å². The summed E-state index contributed by atoms with van der Waals surface area (Å²) in [5.74, 6) is 0.496. The van der Waals surface area contributed by atoms with Crippen molar-refractivity contribution < 1.29 is 9.31 Å². The van der Waals surface area contributed by atoms with Gasteiger partial charge < -0.3 is 15.0 Å². The molecule has 0 bridgehead atoms. The zero-order valence-corrected chi connectivity index (χ0v) is 16.3. The zero-order chi connectivity index (χ0) is 19.4. The molecule has 0 unspecified atom stereocenters. The molecule has 4 heterocycles. The quantitative estimate of drug-likeness (QED) is 0.706. The number of rotatable bonds is 2. The molecule has 6 nitrogen and oxygen atoms in total. The van der Waals surface area contributed by atoms with Crippen molar-refractivity contribution in [3.8, 4) is 11.1 Å². The molecule has 138 valence electrons. The van der Waals surface area contributed by atoms with Crippen LogP contribution in [0.15, 0.2) is 36.7 Å². The Bertz CT molecular complexity index is 999. The second kappa shape index (κ2) is 6.01. The molecule has 0 aromatic carbocycles. The molecule has 7 heteroatoms. The Labute approximate surface area is 159 Å². The highest BCUT2D eigenvalue weighted by Crippen LogP contribution is 2.36. The summed E-state index contributed by atoms with van der Waals surface area (Å²) in [6, 6.07) is 7.85. The van der Waals surface area contributed by atoms with Crippen LogP contribution in [-0.4, -0.2) is 33.3 Å². The molecule has 4 rings (SSSR count). The Morgan fingerprint density at radius 1 is 1.00 bits per heavy atom. The Morgan fingerprint density at radius 2 is 1.70 bits per heavy atom. The molecule has 0 aliphatic carbocycles. The molecule has 0 radical (unpaired) electrons. The van der Waals surface area contributed by atoms with Gasteiger partial charge in [-0.25, -0.2) is 4.98 Å². The summed E-state index contributed by atoms with van der Waals surface area (Å²) in [4.78, 5) is 13.2. The standard InChI is InChI=1S/C20H23BN4O2/c1-12-8-13(9-18(22)25-12)14-6-7-23-16-11-24-17(10-15(14)16)21-26-19(2,3)20(4,5)27-21/h6-11H,1-5H3,(H2,22,25). The number of hydrogen-bond donors (Lipinski definition) is 1. The summed E-state index contributed by atoms with van der Waals surface area (Å²) in [6.07, 6.45) is 3.54. The second-order valence-electron chi connectivity index (χ2n) is 8.00. The third-order valence-electron chi connectivity index (χ3n) is 5.43. The van der Waals surface area contributed by atoms with E-state index in [-0.39, 0.29) is 0 Å². The maximum atomic E-state index is 6.15. The van der Waals surface area contributed by atoms with Gasteiger partial charge in [0, 0.05) is 17.3 Å². The average molecular weight is 362 g/mol. The molecule has 1 aliphatic heterocycles. The smallest absolute Gasteiger partial charge is 0.398 e. The number of aromatic nitrogens is 3. The molecule has 0 amide bonds. The van der Waals surface area contributed by atoms with Gasteiger partial charge in [0.1, 0.15) is 5.82 Å². The molecule has 1 aliphatic rings. The lowest BCUT2D eigenvalue weighted by molar-refractivity contribution is 0.00578. The summed E-state index contributed by atoms with van der Waals surface area (Å²) < 4.78 is 12.3. The van der Waals surface area contributed by atoms with E-state index in [0.717, 1.165) is 33.3 Å². The topological polar surface area (TPSA) is 83.2 Å². The van der Waals surface area contributed by atoms with Crippen LogP contribution in [0.5, 0.6) is 0 Å². The first-order valence-corrected chi connectivity index (χ1v) is 9.01. The first-order chi connectivity index (χ1) is 12.7. The van der Waals surface area contributed by atoms with Crippen molar-refractivity contribution in [3.63, 3.8) is 0 Å². The molecular weight excluding hydrogens is 339 g/mol. The van der Waals surface area contributed by atoms with E-state index in [1.807, 2.05) is 58.9 Å². The molecule has 3 aromatic heterocycles. The van der Waals surface area contributed by atoms with Gasteiger partial charge in [-0.05, 0) is 70.0 Å². The molecule has 3 aromatic rings. The lowest BCUT2D eigenvalue weighted by atomic mass is 9.83. The fourth-order valence-corrected chi connectivity index (χ4v) is 3.26. The fourth-order valence-electron chi connectivity index (χ4n) is 3.26. The van der Waals surface area contributed by atoms with E-state index >= 15 is 0 Å². The van der Waals surface area contributed by atoms with Crippen molar-refractivity contribution in [2.24, 2.45) is 0 Å². The number of nitrogens with two attached hydrogens (primary N) is 1. The monoisotopic (exact) mass is 362 g/mol. The van der Waals surface area contributed by atoms with Crippen LogP contribution in [0.3, 0.4) is 0 Å². The van der Waals surface area contributed by atoms with Crippen LogP contribution < -0.4 is 11.3 Å². The summed E-state index contributed by atoms with van der Waals surface area (Å²) in [5.41, 5.74) is 9.55. The third kappa shape index (κ3) is 3.07. The van der Waals surface area contributed by atoms with Crippen LogP contribution in [0.2, 0.25) is 0 Å². The Morgan fingerprint density at radius 3 is 2.37 bits per heavy atom. The van der Waals surface area contributed by atoms with Gasteiger partial charge in [0.05, 0.1) is 28.5 Å². The molecule has 27 heavy (non-hydrogen) atoms. The lowest BCUT2D eigenvalue weighted by Gasteiger charge is -2.32. The van der Waals surface area contributed by atoms with Crippen molar-refractivity contribution in [1.29, 1.82) is 0 Å². The fraction of sp³-hybridized carbons (Fsp3) is 0.350. The van der Waals surface area contributed by atoms with Gasteiger partial charge in [-0.3, -0.25) is 9.97 Å². The summed E-state index contributed by atoms with van der Waals surface area (Å²) >= 11 is 0. The van der Waals surface area contributed by atoms with Crippen molar-refractivity contribution >= 4 is 29.4 Å². The second-order valence-corrected chi connectivity index (χ2v) is 8.00. The van der Waals surface area contributed by atoms with E-state index in [0.29, 0.717) is 5.82 Å². The minimum atomic E-state index is -0.517. The number of fused-ring (bicyclic) bond motifs is 1. The molecule has 2 N–H and O–H groups in total. The maximum absolute atomic E-state index is 6.15. The van der Waals surface area contributed by atoms with Gasteiger partial charge in [0.25, 0.3) is 0 Å². The molecule has 0 saturated carbocycles. The van der Waals surface area contributed by atoms with Gasteiger partial charge in [-0.2, -0.15) is 0 Å². The molecule has 1 saturated heterocycles. The zero-order valence-electron chi connectivity index (χ0n) is 16.3. The number of pyridine rings is 3. The van der Waals surface area contributed by atoms with E-state index in [1.54, 1.807) is 12.4 Å². The number of hydrogen-bond acceptors (Lipinski definition) is 6. The predicted molar refractivity (Wildman–Crippen MR) is 108 cm³/mol. The van der Waals surface area contributed by atoms with E-state index in [4.69, 9.17) is 15.0 Å². The van der Waals surface area contributed by atoms with Gasteiger partial charge in [0.2, 0.25) is 0 Å². The van der Waals surface area contributed by atoms with Crippen LogP contribution in [-0.2, 0) is 9.31 Å². The van der Waals surface area contributed by atoms with E-state index in [2.05, 4.69) is 15.0 Å². The Hall–Kier alpha value is -2.51. The van der Waals surface area contributed by atoms with Crippen LogP contribution in [0.25, 0.3) is 22.0 Å².